The number of carbonyl (C=O) groups excluding carboxylic acids is 1. The molecule has 8 heteroatoms. The summed E-state index contributed by atoms with van der Waals surface area (Å²) in [4.78, 5) is 26.4. The van der Waals surface area contributed by atoms with Crippen LogP contribution in [0, 0.1) is 5.92 Å². The number of fused-ring (bicyclic) bond motifs is 1. The van der Waals surface area contributed by atoms with Gasteiger partial charge >= 0.3 is 0 Å². The predicted octanol–water partition coefficient (Wildman–Crippen LogP) is 1.84. The van der Waals surface area contributed by atoms with Gasteiger partial charge in [-0.15, -0.1) is 0 Å². The molecule has 0 aliphatic heterocycles. The molecule has 0 bridgehead atoms. The fourth-order valence-electron chi connectivity index (χ4n) is 3.44. The number of likely N-dealkylation sites (N-methyl/N-ethyl adjacent to an activating group) is 1. The number of rotatable bonds is 5. The van der Waals surface area contributed by atoms with Crippen molar-refractivity contribution in [3.8, 4) is 0 Å². The van der Waals surface area contributed by atoms with E-state index in [4.69, 9.17) is 0 Å². The summed E-state index contributed by atoms with van der Waals surface area (Å²) in [5, 5.41) is 3.56. The SMILES string of the molecule is CC1CCC(NC(=O)CN(C)S(=O)(=O)c2ccc3[nH]c(=O)ccc3c2)CC1. The number of carbonyl (C=O) groups is 1. The summed E-state index contributed by atoms with van der Waals surface area (Å²) in [6.45, 7) is 1.98. The smallest absolute Gasteiger partial charge is 0.248 e. The van der Waals surface area contributed by atoms with Crippen molar-refractivity contribution in [1.29, 1.82) is 0 Å². The van der Waals surface area contributed by atoms with E-state index in [0.717, 1.165) is 30.0 Å². The van der Waals surface area contributed by atoms with Gasteiger partial charge in [0.2, 0.25) is 21.5 Å². The molecule has 1 aromatic heterocycles. The van der Waals surface area contributed by atoms with E-state index in [0.29, 0.717) is 16.8 Å². The quantitative estimate of drug-likeness (QED) is 0.812. The first-order chi connectivity index (χ1) is 12.8. The Morgan fingerprint density at radius 1 is 1.19 bits per heavy atom. The molecule has 2 aromatic rings. The molecule has 2 N–H and O–H groups in total. The number of aromatic nitrogens is 1. The van der Waals surface area contributed by atoms with Gasteiger partial charge in [0.15, 0.2) is 0 Å². The molecule has 1 aliphatic rings. The van der Waals surface area contributed by atoms with E-state index in [9.17, 15) is 18.0 Å². The van der Waals surface area contributed by atoms with Gasteiger partial charge in [0.25, 0.3) is 0 Å². The molecule has 27 heavy (non-hydrogen) atoms. The second-order valence-electron chi connectivity index (χ2n) is 7.36. The molecule has 1 aromatic carbocycles. The number of hydrogen-bond donors (Lipinski definition) is 2. The molecular formula is C19H25N3O4S. The van der Waals surface area contributed by atoms with Gasteiger partial charge in [-0.2, -0.15) is 4.31 Å². The Hall–Kier alpha value is -2.19. The largest absolute Gasteiger partial charge is 0.352 e. The predicted molar refractivity (Wildman–Crippen MR) is 104 cm³/mol. The third-order valence-electron chi connectivity index (χ3n) is 5.15. The molecule has 0 saturated heterocycles. The van der Waals surface area contributed by atoms with Crippen LogP contribution in [0.5, 0.6) is 0 Å². The van der Waals surface area contributed by atoms with Crippen LogP contribution in [0.15, 0.2) is 40.0 Å². The lowest BCUT2D eigenvalue weighted by Crippen LogP contribution is -2.43. The molecule has 1 aliphatic carbocycles. The van der Waals surface area contributed by atoms with Crippen molar-refractivity contribution < 1.29 is 13.2 Å². The molecule has 0 radical (unpaired) electrons. The van der Waals surface area contributed by atoms with Crippen LogP contribution in [-0.2, 0) is 14.8 Å². The standard InChI is InChI=1S/C19H25N3O4S/c1-13-3-6-15(7-4-13)20-19(24)12-22(2)27(25,26)16-8-9-17-14(11-16)5-10-18(23)21-17/h5,8-11,13,15H,3-4,6-7,12H2,1-2H3,(H,20,24)(H,21,23). The maximum Gasteiger partial charge on any atom is 0.248 e. The minimum atomic E-state index is -3.80. The molecule has 0 atom stereocenters. The van der Waals surface area contributed by atoms with Gasteiger partial charge in [-0.25, -0.2) is 8.42 Å². The first kappa shape index (κ1) is 19.6. The number of aromatic amines is 1. The van der Waals surface area contributed by atoms with Crippen molar-refractivity contribution in [2.45, 2.75) is 43.5 Å². The third kappa shape index (κ3) is 4.56. The van der Waals surface area contributed by atoms with E-state index < -0.39 is 10.0 Å². The van der Waals surface area contributed by atoms with Gasteiger partial charge in [0, 0.05) is 24.7 Å². The monoisotopic (exact) mass is 391 g/mol. The van der Waals surface area contributed by atoms with Crippen molar-refractivity contribution >= 4 is 26.8 Å². The molecule has 1 saturated carbocycles. The van der Waals surface area contributed by atoms with E-state index in [1.807, 2.05) is 0 Å². The van der Waals surface area contributed by atoms with Crippen LogP contribution in [0.25, 0.3) is 10.9 Å². The van der Waals surface area contributed by atoms with Gasteiger partial charge in [-0.05, 0) is 61.3 Å². The zero-order chi connectivity index (χ0) is 19.6. The lowest BCUT2D eigenvalue weighted by atomic mass is 9.87. The Kier molecular flexibility index (Phi) is 5.67. The van der Waals surface area contributed by atoms with Gasteiger partial charge in [0.05, 0.1) is 11.4 Å². The second kappa shape index (κ2) is 7.82. The number of nitrogens with one attached hydrogen (secondary N) is 2. The Morgan fingerprint density at radius 2 is 1.89 bits per heavy atom. The van der Waals surface area contributed by atoms with Gasteiger partial charge in [-0.3, -0.25) is 9.59 Å². The first-order valence-electron chi connectivity index (χ1n) is 9.14. The minimum Gasteiger partial charge on any atom is -0.352 e. The molecule has 0 spiro atoms. The van der Waals surface area contributed by atoms with Crippen molar-refractivity contribution in [2.24, 2.45) is 5.92 Å². The fourth-order valence-corrected chi connectivity index (χ4v) is 4.60. The highest BCUT2D eigenvalue weighted by molar-refractivity contribution is 7.89. The van der Waals surface area contributed by atoms with Crippen LogP contribution in [-0.4, -0.2) is 43.2 Å². The Bertz CT molecular complexity index is 991. The lowest BCUT2D eigenvalue weighted by Gasteiger charge is -2.27. The molecule has 3 rings (SSSR count). The third-order valence-corrected chi connectivity index (χ3v) is 6.95. The highest BCUT2D eigenvalue weighted by atomic mass is 32.2. The highest BCUT2D eigenvalue weighted by Gasteiger charge is 2.25. The number of nitrogens with zero attached hydrogens (tertiary/aromatic N) is 1. The Balaban J connectivity index is 1.69. The van der Waals surface area contributed by atoms with Crippen molar-refractivity contribution in [3.05, 3.63) is 40.7 Å². The van der Waals surface area contributed by atoms with Crippen LogP contribution in [0.1, 0.15) is 32.6 Å². The number of sulfonamides is 1. The van der Waals surface area contributed by atoms with Crippen LogP contribution >= 0.6 is 0 Å². The molecule has 1 heterocycles. The highest BCUT2D eigenvalue weighted by Crippen LogP contribution is 2.23. The van der Waals surface area contributed by atoms with Crippen LogP contribution in [0.2, 0.25) is 0 Å². The van der Waals surface area contributed by atoms with Crippen LogP contribution in [0.3, 0.4) is 0 Å². The van der Waals surface area contributed by atoms with Gasteiger partial charge in [0.1, 0.15) is 0 Å². The lowest BCUT2D eigenvalue weighted by molar-refractivity contribution is -0.122. The number of benzene rings is 1. The maximum absolute atomic E-state index is 12.8. The van der Waals surface area contributed by atoms with Crippen molar-refractivity contribution in [1.82, 2.24) is 14.6 Å². The molecule has 7 nitrogen and oxygen atoms in total. The molecular weight excluding hydrogens is 366 g/mol. The van der Waals surface area contributed by atoms with E-state index in [-0.39, 0.29) is 28.9 Å². The van der Waals surface area contributed by atoms with E-state index in [1.54, 1.807) is 12.1 Å². The second-order valence-corrected chi connectivity index (χ2v) is 9.40. The zero-order valence-electron chi connectivity index (χ0n) is 15.6. The molecule has 0 unspecified atom stereocenters. The average Bonchev–Trinajstić information content (AvgIpc) is 2.63. The van der Waals surface area contributed by atoms with Crippen LogP contribution in [0.4, 0.5) is 0 Å². The van der Waals surface area contributed by atoms with Gasteiger partial charge < -0.3 is 10.3 Å². The van der Waals surface area contributed by atoms with Crippen LogP contribution < -0.4 is 10.9 Å². The topological polar surface area (TPSA) is 99.3 Å². The zero-order valence-corrected chi connectivity index (χ0v) is 16.4. The summed E-state index contributed by atoms with van der Waals surface area (Å²) in [5.74, 6) is 0.398. The van der Waals surface area contributed by atoms with E-state index in [2.05, 4.69) is 17.2 Å². The average molecular weight is 391 g/mol. The summed E-state index contributed by atoms with van der Waals surface area (Å²) in [7, 11) is -2.41. The fraction of sp³-hybridized carbons (Fsp3) is 0.474. The number of H-pyrrole nitrogens is 1. The molecule has 1 amide bonds. The summed E-state index contributed by atoms with van der Waals surface area (Å²) in [6.07, 6.45) is 4.04. The number of amides is 1. The molecule has 146 valence electrons. The summed E-state index contributed by atoms with van der Waals surface area (Å²) >= 11 is 0. The number of hydrogen-bond acceptors (Lipinski definition) is 4. The maximum atomic E-state index is 12.8. The summed E-state index contributed by atoms with van der Waals surface area (Å²) < 4.78 is 26.6. The van der Waals surface area contributed by atoms with Crippen molar-refractivity contribution in [3.63, 3.8) is 0 Å². The normalized spacial score (nSPS) is 20.7. The minimum absolute atomic E-state index is 0.0869. The van der Waals surface area contributed by atoms with E-state index >= 15 is 0 Å². The molecule has 1 fully saturated rings. The summed E-state index contributed by atoms with van der Waals surface area (Å²) in [5.41, 5.74) is 0.317. The van der Waals surface area contributed by atoms with E-state index in [1.165, 1.54) is 25.2 Å². The Morgan fingerprint density at radius 3 is 2.59 bits per heavy atom. The summed E-state index contributed by atoms with van der Waals surface area (Å²) in [6, 6.07) is 7.54. The Labute approximate surface area is 158 Å². The van der Waals surface area contributed by atoms with Gasteiger partial charge in [-0.1, -0.05) is 6.92 Å². The first-order valence-corrected chi connectivity index (χ1v) is 10.6. The van der Waals surface area contributed by atoms with Crippen molar-refractivity contribution in [2.75, 3.05) is 13.6 Å². The number of pyridine rings is 1.